The molecule has 1 atom stereocenters. The summed E-state index contributed by atoms with van der Waals surface area (Å²) in [5.41, 5.74) is 8.61. The highest BCUT2D eigenvalue weighted by molar-refractivity contribution is 6.33. The average molecular weight is 767 g/mol. The van der Waals surface area contributed by atoms with Crippen molar-refractivity contribution in [2.75, 3.05) is 6.54 Å². The molecule has 282 valence electrons. The van der Waals surface area contributed by atoms with Gasteiger partial charge in [-0.1, -0.05) is 47.7 Å². The standard InChI is InChI=1S/C44H39ClN6O5/c1-25-26(2)50(48-40(25)32-14-15-37(46-3)36(45)22-32)23-29-8-6-27(7-9-29)4-5-28-10-12-30(13-11-28)42(54)49-19-18-31-20-34-35(21-33(31)24-49)44(56)51(43(34)55)38-16-17-39(52)47-41(38)53/h6-9,14-15,20-22,28,30,38H,10-13,16-19,23-24H2,1-2H3,(H,47,52,53). The number of aromatic nitrogens is 2. The number of halogens is 1. The van der Waals surface area contributed by atoms with E-state index in [4.69, 9.17) is 23.3 Å². The van der Waals surface area contributed by atoms with Gasteiger partial charge in [0.1, 0.15) is 6.04 Å². The molecule has 1 N–H and O–H groups in total. The molecule has 1 saturated carbocycles. The molecule has 3 aliphatic heterocycles. The lowest BCUT2D eigenvalue weighted by Crippen LogP contribution is -2.54. The molecule has 3 aromatic carbocycles. The van der Waals surface area contributed by atoms with E-state index in [9.17, 15) is 24.0 Å². The van der Waals surface area contributed by atoms with E-state index >= 15 is 0 Å². The van der Waals surface area contributed by atoms with Gasteiger partial charge in [-0.2, -0.15) is 5.10 Å². The number of fused-ring (bicyclic) bond motifs is 2. The van der Waals surface area contributed by atoms with E-state index in [-0.39, 0.29) is 41.7 Å². The molecule has 4 aliphatic rings. The summed E-state index contributed by atoms with van der Waals surface area (Å²) in [5, 5.41) is 7.52. The number of nitrogens with zero attached hydrogens (tertiary/aromatic N) is 5. The van der Waals surface area contributed by atoms with Crippen molar-refractivity contribution >= 4 is 46.8 Å². The average Bonchev–Trinajstić information content (AvgIpc) is 3.62. The summed E-state index contributed by atoms with van der Waals surface area (Å²) in [6.45, 7) is 12.9. The molecule has 0 radical (unpaired) electrons. The summed E-state index contributed by atoms with van der Waals surface area (Å²) in [6.07, 6.45) is 3.96. The van der Waals surface area contributed by atoms with Crippen molar-refractivity contribution in [3.8, 4) is 23.1 Å². The van der Waals surface area contributed by atoms with Gasteiger partial charge < -0.3 is 4.90 Å². The maximum absolute atomic E-state index is 13.7. The number of piperidine rings is 1. The van der Waals surface area contributed by atoms with E-state index in [0.717, 1.165) is 75.4 Å². The fourth-order valence-corrected chi connectivity index (χ4v) is 8.54. The molecule has 0 bridgehead atoms. The Hall–Kier alpha value is -6.04. The minimum absolute atomic E-state index is 0.0660. The lowest BCUT2D eigenvalue weighted by atomic mass is 9.81. The highest BCUT2D eigenvalue weighted by Crippen LogP contribution is 2.35. The Morgan fingerprint density at radius 2 is 1.64 bits per heavy atom. The summed E-state index contributed by atoms with van der Waals surface area (Å²) >= 11 is 6.30. The third-order valence-electron chi connectivity index (χ3n) is 11.7. The monoisotopic (exact) mass is 766 g/mol. The summed E-state index contributed by atoms with van der Waals surface area (Å²) in [7, 11) is 0. The number of nitrogens with one attached hydrogen (secondary N) is 1. The van der Waals surface area contributed by atoms with Gasteiger partial charge in [0, 0.05) is 53.2 Å². The Labute approximate surface area is 329 Å². The zero-order valence-corrected chi connectivity index (χ0v) is 31.9. The molecule has 1 saturated heterocycles. The van der Waals surface area contributed by atoms with E-state index in [2.05, 4.69) is 34.1 Å². The molecule has 56 heavy (non-hydrogen) atoms. The van der Waals surface area contributed by atoms with E-state index in [1.165, 1.54) is 0 Å². The third kappa shape index (κ3) is 6.88. The van der Waals surface area contributed by atoms with Crippen LogP contribution in [0, 0.1) is 44.1 Å². The molecule has 12 heteroatoms. The fourth-order valence-electron chi connectivity index (χ4n) is 8.32. The summed E-state index contributed by atoms with van der Waals surface area (Å²) in [6, 6.07) is 16.1. The van der Waals surface area contributed by atoms with Gasteiger partial charge in [-0.15, -0.1) is 0 Å². The van der Waals surface area contributed by atoms with Crippen molar-refractivity contribution < 1.29 is 24.0 Å². The van der Waals surface area contributed by atoms with Crippen LogP contribution >= 0.6 is 11.6 Å². The van der Waals surface area contributed by atoms with Crippen LogP contribution in [0.1, 0.15) is 92.8 Å². The number of amides is 5. The molecule has 4 aromatic rings. The Balaban J connectivity index is 0.852. The maximum atomic E-state index is 13.7. The Bertz CT molecular complexity index is 2440. The lowest BCUT2D eigenvalue weighted by Gasteiger charge is -2.34. The van der Waals surface area contributed by atoms with Gasteiger partial charge >= 0.3 is 0 Å². The van der Waals surface area contributed by atoms with Crippen LogP contribution in [-0.4, -0.2) is 61.7 Å². The van der Waals surface area contributed by atoms with Gasteiger partial charge in [0.15, 0.2) is 0 Å². The molecule has 8 rings (SSSR count). The second kappa shape index (κ2) is 14.9. The number of rotatable bonds is 5. The fraction of sp³-hybridized carbons (Fsp3) is 0.341. The highest BCUT2D eigenvalue weighted by Gasteiger charge is 2.45. The first kappa shape index (κ1) is 36.9. The first-order chi connectivity index (χ1) is 27.0. The lowest BCUT2D eigenvalue weighted by molar-refractivity contribution is -0.138. The molecule has 0 spiro atoms. The molecule has 11 nitrogen and oxygen atoms in total. The van der Waals surface area contributed by atoms with Crippen LogP contribution < -0.4 is 5.32 Å². The number of carbonyl (C=O) groups is 5. The van der Waals surface area contributed by atoms with Gasteiger partial charge in [-0.25, -0.2) is 4.85 Å². The first-order valence-electron chi connectivity index (χ1n) is 19.0. The quantitative estimate of drug-likeness (QED) is 0.139. The maximum Gasteiger partial charge on any atom is 0.262 e. The second-order valence-corrected chi connectivity index (χ2v) is 15.5. The predicted octanol–water partition coefficient (Wildman–Crippen LogP) is 6.56. The molecule has 5 amide bonds. The van der Waals surface area contributed by atoms with Gasteiger partial charge in [0.25, 0.3) is 11.8 Å². The van der Waals surface area contributed by atoms with Crippen molar-refractivity contribution in [1.82, 2.24) is 24.9 Å². The molecule has 1 aromatic heterocycles. The minimum atomic E-state index is -1.01. The summed E-state index contributed by atoms with van der Waals surface area (Å²) in [5.74, 6) is 4.93. The Morgan fingerprint density at radius 1 is 0.929 bits per heavy atom. The van der Waals surface area contributed by atoms with Crippen LogP contribution in [0.3, 0.4) is 0 Å². The molecule has 1 aliphatic carbocycles. The van der Waals surface area contributed by atoms with E-state index in [1.54, 1.807) is 24.3 Å². The third-order valence-corrected chi connectivity index (χ3v) is 12.0. The van der Waals surface area contributed by atoms with Crippen LogP contribution in [0.2, 0.25) is 5.02 Å². The predicted molar refractivity (Wildman–Crippen MR) is 209 cm³/mol. The van der Waals surface area contributed by atoms with E-state index in [0.29, 0.717) is 36.8 Å². The van der Waals surface area contributed by atoms with Crippen molar-refractivity contribution in [1.29, 1.82) is 0 Å². The van der Waals surface area contributed by atoms with Gasteiger partial charge in [0.05, 0.1) is 29.9 Å². The normalized spacial score (nSPS) is 20.5. The number of imide groups is 2. The summed E-state index contributed by atoms with van der Waals surface area (Å²) in [4.78, 5) is 70.7. The molecule has 4 heterocycles. The van der Waals surface area contributed by atoms with Crippen molar-refractivity contribution in [3.63, 3.8) is 0 Å². The van der Waals surface area contributed by atoms with Crippen molar-refractivity contribution in [3.05, 3.63) is 116 Å². The largest absolute Gasteiger partial charge is 0.338 e. The summed E-state index contributed by atoms with van der Waals surface area (Å²) < 4.78 is 1.98. The zero-order chi connectivity index (χ0) is 39.2. The highest BCUT2D eigenvalue weighted by atomic mass is 35.5. The smallest absolute Gasteiger partial charge is 0.262 e. The van der Waals surface area contributed by atoms with Crippen LogP contribution in [0.25, 0.3) is 16.1 Å². The van der Waals surface area contributed by atoms with Gasteiger partial charge in [-0.05, 0) is 105 Å². The Morgan fingerprint density at radius 3 is 2.32 bits per heavy atom. The second-order valence-electron chi connectivity index (χ2n) is 15.1. The number of hydrogen-bond donors (Lipinski definition) is 1. The SMILES string of the molecule is [C-]#[N+]c1ccc(-c2nn(Cc3ccc(C#CC4CCC(C(=O)N5CCc6cc7c(cc6C5)C(=O)N(C5CCC(=O)NC5=O)C7=O)CC4)cc3)c(C)c2C)cc1Cl. The first-order valence-corrected chi connectivity index (χ1v) is 19.3. The zero-order valence-electron chi connectivity index (χ0n) is 31.2. The van der Waals surface area contributed by atoms with Crippen molar-refractivity contribution in [2.45, 2.75) is 77.9 Å². The number of carbonyl (C=O) groups excluding carboxylic acids is 5. The van der Waals surface area contributed by atoms with Crippen LogP contribution in [0.4, 0.5) is 5.69 Å². The van der Waals surface area contributed by atoms with Gasteiger partial charge in [0.2, 0.25) is 23.4 Å². The topological polar surface area (TPSA) is 126 Å². The van der Waals surface area contributed by atoms with Crippen LogP contribution in [0.15, 0.2) is 54.6 Å². The van der Waals surface area contributed by atoms with Crippen molar-refractivity contribution in [2.24, 2.45) is 11.8 Å². The van der Waals surface area contributed by atoms with E-state index in [1.807, 2.05) is 41.6 Å². The molecule has 1 unspecified atom stereocenters. The Kier molecular flexibility index (Phi) is 9.82. The van der Waals surface area contributed by atoms with Crippen LogP contribution in [0.5, 0.6) is 0 Å². The molecular formula is C44H39ClN6O5. The molecule has 2 fully saturated rings. The minimum Gasteiger partial charge on any atom is -0.338 e. The van der Waals surface area contributed by atoms with E-state index < -0.39 is 29.7 Å². The van der Waals surface area contributed by atoms with Crippen LogP contribution in [-0.2, 0) is 33.9 Å². The number of benzene rings is 3. The molecular weight excluding hydrogens is 728 g/mol. The van der Waals surface area contributed by atoms with Gasteiger partial charge in [-0.3, -0.25) is 38.9 Å². The number of hydrogen-bond acceptors (Lipinski definition) is 6.